The highest BCUT2D eigenvalue weighted by atomic mass is 31.1. The Morgan fingerprint density at radius 2 is 2.00 bits per heavy atom. The fourth-order valence-corrected chi connectivity index (χ4v) is 1.69. The highest BCUT2D eigenvalue weighted by molar-refractivity contribution is 7.17. The van der Waals surface area contributed by atoms with Crippen LogP contribution >= 0.6 is 8.69 Å². The van der Waals surface area contributed by atoms with Crippen molar-refractivity contribution in [2.75, 3.05) is 6.61 Å². The van der Waals surface area contributed by atoms with Crippen LogP contribution in [0.3, 0.4) is 0 Å². The van der Waals surface area contributed by atoms with Crippen molar-refractivity contribution in [3.63, 3.8) is 0 Å². The maximum Gasteiger partial charge on any atom is 0.494 e. The third kappa shape index (κ3) is 3.21. The Morgan fingerprint density at radius 1 is 1.36 bits per heavy atom. The molecule has 3 heteroatoms. The van der Waals surface area contributed by atoms with Crippen LogP contribution in [-0.2, 0) is 9.09 Å². The molecule has 0 saturated carbocycles. The molecule has 1 rings (SSSR count). The summed E-state index contributed by atoms with van der Waals surface area (Å²) in [6, 6.07) is 8.41. The Morgan fingerprint density at radius 3 is 2.50 bits per heavy atom. The molecule has 14 heavy (non-hydrogen) atoms. The standard InChI is InChI=1S/C11H16O2P/c1-3-10(8-13-14-12)11-6-4-9(2)5-7-11/h4-7,10,14H,3,8H2,1-2H3/q+1. The van der Waals surface area contributed by atoms with Gasteiger partial charge in [-0.25, -0.2) is 0 Å². The van der Waals surface area contributed by atoms with Crippen molar-refractivity contribution in [1.29, 1.82) is 0 Å². The van der Waals surface area contributed by atoms with E-state index in [1.807, 2.05) is 0 Å². The zero-order valence-corrected chi connectivity index (χ0v) is 9.62. The van der Waals surface area contributed by atoms with Crippen LogP contribution in [0.25, 0.3) is 0 Å². The van der Waals surface area contributed by atoms with E-state index in [1.54, 1.807) is 0 Å². The maximum absolute atomic E-state index is 10.2. The average molecular weight is 211 g/mol. The number of rotatable bonds is 5. The van der Waals surface area contributed by atoms with Gasteiger partial charge in [0.2, 0.25) is 0 Å². The van der Waals surface area contributed by atoms with Crippen LogP contribution in [0.15, 0.2) is 24.3 Å². The molecule has 0 aliphatic carbocycles. The Balaban J connectivity index is 2.68. The van der Waals surface area contributed by atoms with E-state index in [1.165, 1.54) is 11.1 Å². The Labute approximate surface area is 86.6 Å². The fraction of sp³-hybridized carbons (Fsp3) is 0.455. The predicted molar refractivity (Wildman–Crippen MR) is 59.2 cm³/mol. The summed E-state index contributed by atoms with van der Waals surface area (Å²) in [6.45, 7) is 4.73. The van der Waals surface area contributed by atoms with E-state index >= 15 is 0 Å². The van der Waals surface area contributed by atoms with Gasteiger partial charge in [-0.15, -0.1) is 4.52 Å². The molecule has 0 aliphatic heterocycles. The van der Waals surface area contributed by atoms with Gasteiger partial charge in [-0.2, -0.15) is 0 Å². The summed E-state index contributed by atoms with van der Waals surface area (Å²) in [7, 11) is -0.654. The predicted octanol–water partition coefficient (Wildman–Crippen LogP) is 3.44. The number of aryl methyl sites for hydroxylation is 1. The van der Waals surface area contributed by atoms with Gasteiger partial charge in [-0.05, 0) is 23.5 Å². The van der Waals surface area contributed by atoms with Crippen molar-refractivity contribution < 1.29 is 9.09 Å². The molecule has 76 valence electrons. The first-order valence-electron chi connectivity index (χ1n) is 4.83. The summed E-state index contributed by atoms with van der Waals surface area (Å²) in [5.74, 6) is 0.358. The molecule has 0 saturated heterocycles. The molecule has 0 heterocycles. The lowest BCUT2D eigenvalue weighted by Crippen LogP contribution is -2.03. The summed E-state index contributed by atoms with van der Waals surface area (Å²) >= 11 is 0. The minimum Gasteiger partial charge on any atom is -0.147 e. The molecule has 2 nitrogen and oxygen atoms in total. The van der Waals surface area contributed by atoms with Crippen molar-refractivity contribution in [2.45, 2.75) is 26.2 Å². The van der Waals surface area contributed by atoms with Crippen LogP contribution in [0.1, 0.15) is 30.4 Å². The van der Waals surface area contributed by atoms with Crippen molar-refractivity contribution in [2.24, 2.45) is 0 Å². The van der Waals surface area contributed by atoms with E-state index < -0.39 is 8.69 Å². The topological polar surface area (TPSA) is 26.3 Å². The van der Waals surface area contributed by atoms with Gasteiger partial charge in [0.25, 0.3) is 0 Å². The first-order chi connectivity index (χ1) is 6.77. The van der Waals surface area contributed by atoms with Gasteiger partial charge in [0, 0.05) is 5.92 Å². The van der Waals surface area contributed by atoms with Gasteiger partial charge in [0.1, 0.15) is 6.61 Å². The van der Waals surface area contributed by atoms with Gasteiger partial charge in [0.15, 0.2) is 0 Å². The molecule has 0 spiro atoms. The van der Waals surface area contributed by atoms with E-state index in [0.717, 1.165) is 6.42 Å². The molecule has 0 aromatic heterocycles. The third-order valence-electron chi connectivity index (χ3n) is 2.38. The van der Waals surface area contributed by atoms with Gasteiger partial charge >= 0.3 is 8.69 Å². The van der Waals surface area contributed by atoms with Crippen molar-refractivity contribution >= 4 is 8.69 Å². The van der Waals surface area contributed by atoms with Crippen molar-refractivity contribution in [3.8, 4) is 0 Å². The maximum atomic E-state index is 10.2. The second-order valence-electron chi connectivity index (χ2n) is 3.41. The average Bonchev–Trinajstić information content (AvgIpc) is 2.21. The first-order valence-corrected chi connectivity index (χ1v) is 5.65. The van der Waals surface area contributed by atoms with Crippen LogP contribution in [0.5, 0.6) is 0 Å². The summed E-state index contributed by atoms with van der Waals surface area (Å²) in [4.78, 5) is 0. The summed E-state index contributed by atoms with van der Waals surface area (Å²) in [5.41, 5.74) is 2.52. The van der Waals surface area contributed by atoms with Crippen LogP contribution < -0.4 is 0 Å². The van der Waals surface area contributed by atoms with Crippen molar-refractivity contribution in [1.82, 2.24) is 0 Å². The molecule has 1 aromatic rings. The zero-order chi connectivity index (χ0) is 10.4. The molecule has 0 fully saturated rings. The van der Waals surface area contributed by atoms with Crippen molar-refractivity contribution in [3.05, 3.63) is 35.4 Å². The van der Waals surface area contributed by atoms with E-state index in [4.69, 9.17) is 4.52 Å². The molecule has 1 aromatic carbocycles. The van der Waals surface area contributed by atoms with E-state index in [9.17, 15) is 4.57 Å². The molecular weight excluding hydrogens is 195 g/mol. The SMILES string of the molecule is CCC(CO[PH+]=O)c1ccc(C)cc1. The second-order valence-corrected chi connectivity index (χ2v) is 3.87. The summed E-state index contributed by atoms with van der Waals surface area (Å²) < 4.78 is 15.2. The van der Waals surface area contributed by atoms with Crippen LogP contribution in [0.2, 0.25) is 0 Å². The highest BCUT2D eigenvalue weighted by Crippen LogP contribution is 2.21. The lowest BCUT2D eigenvalue weighted by atomic mass is 9.97. The lowest BCUT2D eigenvalue weighted by Gasteiger charge is -2.11. The van der Waals surface area contributed by atoms with E-state index in [2.05, 4.69) is 38.1 Å². The Bertz CT molecular complexity index is 282. The minimum atomic E-state index is -0.654. The second kappa shape index (κ2) is 5.90. The Kier molecular flexibility index (Phi) is 4.78. The lowest BCUT2D eigenvalue weighted by molar-refractivity contribution is 0.308. The van der Waals surface area contributed by atoms with E-state index in [-0.39, 0.29) is 0 Å². The van der Waals surface area contributed by atoms with Gasteiger partial charge in [-0.3, -0.25) is 0 Å². The van der Waals surface area contributed by atoms with Gasteiger partial charge < -0.3 is 0 Å². The van der Waals surface area contributed by atoms with Crippen LogP contribution in [-0.4, -0.2) is 6.61 Å². The smallest absolute Gasteiger partial charge is 0.147 e. The fourth-order valence-electron chi connectivity index (χ4n) is 1.42. The number of benzene rings is 1. The molecule has 0 aliphatic rings. The van der Waals surface area contributed by atoms with Crippen LogP contribution in [0, 0.1) is 6.92 Å². The molecule has 0 N–H and O–H groups in total. The monoisotopic (exact) mass is 211 g/mol. The molecule has 0 radical (unpaired) electrons. The molecular formula is C11H16O2P+. The summed E-state index contributed by atoms with van der Waals surface area (Å²) in [6.07, 6.45) is 1.01. The normalized spacial score (nSPS) is 13.0. The largest absolute Gasteiger partial charge is 0.494 e. The molecule has 0 bridgehead atoms. The zero-order valence-electron chi connectivity index (χ0n) is 8.62. The highest BCUT2D eigenvalue weighted by Gasteiger charge is 2.11. The summed E-state index contributed by atoms with van der Waals surface area (Å²) in [5, 5.41) is 0. The molecule has 2 unspecified atom stereocenters. The number of hydrogen-bond acceptors (Lipinski definition) is 2. The first kappa shape index (κ1) is 11.4. The number of hydrogen-bond donors (Lipinski definition) is 0. The van der Waals surface area contributed by atoms with Crippen LogP contribution in [0.4, 0.5) is 0 Å². The van der Waals surface area contributed by atoms with Gasteiger partial charge in [-0.1, -0.05) is 36.8 Å². The molecule has 2 atom stereocenters. The van der Waals surface area contributed by atoms with E-state index in [0.29, 0.717) is 12.5 Å². The quantitative estimate of drug-likeness (QED) is 0.697. The molecule has 0 amide bonds. The van der Waals surface area contributed by atoms with Gasteiger partial charge in [0.05, 0.1) is 0 Å². The third-order valence-corrected chi connectivity index (χ3v) is 2.67. The Hall–Kier alpha value is -0.720. The minimum absolute atomic E-state index is 0.358.